The smallest absolute Gasteiger partial charge is 0.339 e. The minimum atomic E-state index is -1.17. The van der Waals surface area contributed by atoms with E-state index in [0.717, 1.165) is 12.1 Å². The zero-order valence-electron chi connectivity index (χ0n) is 14.2. The quantitative estimate of drug-likeness (QED) is 0.667. The number of ketones is 1. The van der Waals surface area contributed by atoms with Crippen LogP contribution in [0.5, 0.6) is 0 Å². The lowest BCUT2D eigenvalue weighted by Crippen LogP contribution is -2.17. The van der Waals surface area contributed by atoms with Crippen molar-refractivity contribution in [1.82, 2.24) is 24.4 Å². The molecule has 0 aliphatic rings. The van der Waals surface area contributed by atoms with Crippen molar-refractivity contribution >= 4 is 23.3 Å². The molecule has 3 rings (SSSR count). The number of aromatic carboxylic acids is 1. The SMILES string of the molecule is CCN(C)c1nc2cc(CC(=O)c3c(C(=O)O)cnn3C)ccn2n1. The summed E-state index contributed by atoms with van der Waals surface area (Å²) in [5, 5.41) is 17.4. The fourth-order valence-corrected chi connectivity index (χ4v) is 2.52. The number of carboxylic acids is 1. The molecule has 0 aliphatic carbocycles. The van der Waals surface area contributed by atoms with Crippen LogP contribution in [-0.2, 0) is 13.5 Å². The Bertz CT molecular complexity index is 958. The van der Waals surface area contributed by atoms with E-state index in [4.69, 9.17) is 0 Å². The van der Waals surface area contributed by atoms with Gasteiger partial charge in [-0.25, -0.2) is 9.31 Å². The van der Waals surface area contributed by atoms with Gasteiger partial charge in [-0.1, -0.05) is 0 Å². The lowest BCUT2D eigenvalue weighted by atomic mass is 10.1. The van der Waals surface area contributed by atoms with Gasteiger partial charge in [-0.3, -0.25) is 9.48 Å². The number of anilines is 1. The minimum absolute atomic E-state index is 0.0577. The van der Waals surface area contributed by atoms with Crippen molar-refractivity contribution in [3.63, 3.8) is 0 Å². The van der Waals surface area contributed by atoms with Crippen LogP contribution in [0.1, 0.15) is 33.3 Å². The number of pyridine rings is 1. The van der Waals surface area contributed by atoms with E-state index in [9.17, 15) is 14.7 Å². The van der Waals surface area contributed by atoms with Crippen molar-refractivity contribution in [2.24, 2.45) is 7.05 Å². The van der Waals surface area contributed by atoms with Gasteiger partial charge in [0.1, 0.15) is 11.3 Å². The third-order valence-electron chi connectivity index (χ3n) is 4.00. The first kappa shape index (κ1) is 16.6. The maximum atomic E-state index is 12.5. The van der Waals surface area contributed by atoms with Crippen molar-refractivity contribution in [1.29, 1.82) is 0 Å². The second-order valence-corrected chi connectivity index (χ2v) is 5.70. The first-order valence-electron chi connectivity index (χ1n) is 7.75. The Morgan fingerprint density at radius 3 is 2.80 bits per heavy atom. The molecule has 0 amide bonds. The molecule has 0 aromatic carbocycles. The maximum absolute atomic E-state index is 12.5. The molecule has 1 N–H and O–H groups in total. The standard InChI is InChI=1S/C16H18N6O3/c1-4-20(2)16-18-13-8-10(5-6-22(13)19-16)7-12(23)14-11(15(24)25)9-17-21(14)3/h5-6,8-9H,4,7H2,1-3H3,(H,24,25). The number of nitrogens with zero attached hydrogens (tertiary/aromatic N) is 6. The van der Waals surface area contributed by atoms with Gasteiger partial charge in [0.05, 0.1) is 6.20 Å². The van der Waals surface area contributed by atoms with Crippen LogP contribution in [0.15, 0.2) is 24.5 Å². The van der Waals surface area contributed by atoms with E-state index in [-0.39, 0.29) is 23.5 Å². The van der Waals surface area contributed by atoms with E-state index in [1.54, 1.807) is 29.9 Å². The second-order valence-electron chi connectivity index (χ2n) is 5.70. The number of carbonyl (C=O) groups excluding carboxylic acids is 1. The van der Waals surface area contributed by atoms with Gasteiger partial charge in [0.15, 0.2) is 11.4 Å². The fraction of sp³-hybridized carbons (Fsp3) is 0.312. The molecule has 0 radical (unpaired) electrons. The van der Waals surface area contributed by atoms with Crippen molar-refractivity contribution in [2.45, 2.75) is 13.3 Å². The van der Waals surface area contributed by atoms with Crippen molar-refractivity contribution in [3.8, 4) is 0 Å². The highest BCUT2D eigenvalue weighted by Gasteiger charge is 2.22. The molecule has 3 heterocycles. The van der Waals surface area contributed by atoms with E-state index >= 15 is 0 Å². The van der Waals surface area contributed by atoms with Crippen molar-refractivity contribution in [2.75, 3.05) is 18.5 Å². The van der Waals surface area contributed by atoms with E-state index in [2.05, 4.69) is 15.2 Å². The van der Waals surface area contributed by atoms with Crippen LogP contribution < -0.4 is 4.90 Å². The minimum Gasteiger partial charge on any atom is -0.478 e. The van der Waals surface area contributed by atoms with Crippen LogP contribution in [-0.4, -0.2) is 54.8 Å². The van der Waals surface area contributed by atoms with Crippen molar-refractivity contribution < 1.29 is 14.7 Å². The second kappa shape index (κ2) is 6.34. The number of hydrogen-bond donors (Lipinski definition) is 1. The lowest BCUT2D eigenvalue weighted by molar-refractivity contribution is 0.0691. The van der Waals surface area contributed by atoms with Gasteiger partial charge < -0.3 is 10.0 Å². The van der Waals surface area contributed by atoms with E-state index < -0.39 is 5.97 Å². The monoisotopic (exact) mass is 342 g/mol. The summed E-state index contributed by atoms with van der Waals surface area (Å²) >= 11 is 0. The van der Waals surface area contributed by atoms with Crippen LogP contribution in [0.4, 0.5) is 5.95 Å². The van der Waals surface area contributed by atoms with Crippen LogP contribution in [0.25, 0.3) is 5.65 Å². The maximum Gasteiger partial charge on any atom is 0.339 e. The van der Waals surface area contributed by atoms with Crippen LogP contribution in [0, 0.1) is 0 Å². The van der Waals surface area contributed by atoms with Crippen LogP contribution >= 0.6 is 0 Å². The molecule has 3 aromatic rings. The molecule has 3 aromatic heterocycles. The lowest BCUT2D eigenvalue weighted by Gasteiger charge is -2.09. The topological polar surface area (TPSA) is 106 Å². The Balaban J connectivity index is 1.89. The molecule has 9 heteroatoms. The zero-order valence-corrected chi connectivity index (χ0v) is 14.2. The predicted molar refractivity (Wildman–Crippen MR) is 90.1 cm³/mol. The Morgan fingerprint density at radius 2 is 2.12 bits per heavy atom. The largest absolute Gasteiger partial charge is 0.478 e. The first-order valence-corrected chi connectivity index (χ1v) is 7.75. The van der Waals surface area contributed by atoms with Gasteiger partial charge in [-0.2, -0.15) is 10.1 Å². The average Bonchev–Trinajstić information content (AvgIpc) is 3.17. The molecular formula is C16H18N6O3. The predicted octanol–water partition coefficient (Wildman–Crippen LogP) is 1.04. The molecule has 0 saturated carbocycles. The zero-order chi connectivity index (χ0) is 18.1. The Hall–Kier alpha value is -3.23. The van der Waals surface area contributed by atoms with Gasteiger partial charge in [-0.15, -0.1) is 5.10 Å². The average molecular weight is 342 g/mol. The number of aromatic nitrogens is 5. The number of carbonyl (C=O) groups is 2. The van der Waals surface area contributed by atoms with E-state index in [0.29, 0.717) is 11.6 Å². The molecule has 0 spiro atoms. The number of aryl methyl sites for hydroxylation is 1. The Labute approximate surface area is 143 Å². The van der Waals surface area contributed by atoms with Gasteiger partial charge in [0, 0.05) is 33.3 Å². The molecule has 0 fully saturated rings. The molecular weight excluding hydrogens is 324 g/mol. The molecule has 0 atom stereocenters. The van der Waals surface area contributed by atoms with Gasteiger partial charge in [0.25, 0.3) is 0 Å². The fourth-order valence-electron chi connectivity index (χ4n) is 2.52. The molecule has 130 valence electrons. The van der Waals surface area contributed by atoms with Gasteiger partial charge in [0.2, 0.25) is 5.95 Å². The van der Waals surface area contributed by atoms with E-state index in [1.807, 2.05) is 18.9 Å². The van der Waals surface area contributed by atoms with E-state index in [1.165, 1.54) is 10.9 Å². The molecule has 0 bridgehead atoms. The number of fused-ring (bicyclic) bond motifs is 1. The summed E-state index contributed by atoms with van der Waals surface area (Å²) in [6, 6.07) is 3.54. The molecule has 0 unspecified atom stereocenters. The Kier molecular flexibility index (Phi) is 4.22. The number of rotatable bonds is 6. The summed E-state index contributed by atoms with van der Waals surface area (Å²) in [4.78, 5) is 30.1. The van der Waals surface area contributed by atoms with Crippen molar-refractivity contribution in [3.05, 3.63) is 41.3 Å². The number of Topliss-reactive ketones (excluding diaryl/α,β-unsaturated/α-hetero) is 1. The van der Waals surface area contributed by atoms with Crippen LogP contribution in [0.3, 0.4) is 0 Å². The first-order chi connectivity index (χ1) is 11.9. The van der Waals surface area contributed by atoms with Gasteiger partial charge in [-0.05, 0) is 24.6 Å². The summed E-state index contributed by atoms with van der Waals surface area (Å²) in [5.74, 6) is -0.880. The highest BCUT2D eigenvalue weighted by atomic mass is 16.4. The molecule has 9 nitrogen and oxygen atoms in total. The summed E-state index contributed by atoms with van der Waals surface area (Å²) in [6.45, 7) is 2.78. The number of hydrogen-bond acceptors (Lipinski definition) is 6. The highest BCUT2D eigenvalue weighted by molar-refractivity contribution is 6.05. The normalized spacial score (nSPS) is 11.0. The molecule has 25 heavy (non-hydrogen) atoms. The Morgan fingerprint density at radius 1 is 1.36 bits per heavy atom. The molecule has 0 saturated heterocycles. The molecule has 0 aliphatic heterocycles. The highest BCUT2D eigenvalue weighted by Crippen LogP contribution is 2.15. The summed E-state index contributed by atoms with van der Waals surface area (Å²) < 4.78 is 2.93. The van der Waals surface area contributed by atoms with Gasteiger partial charge >= 0.3 is 5.97 Å². The summed E-state index contributed by atoms with van der Waals surface area (Å²) in [5.41, 5.74) is 1.35. The third kappa shape index (κ3) is 3.08. The third-order valence-corrected chi connectivity index (χ3v) is 4.00. The number of carboxylic acid groups (broad SMARTS) is 1. The van der Waals surface area contributed by atoms with Crippen LogP contribution in [0.2, 0.25) is 0 Å². The summed E-state index contributed by atoms with van der Waals surface area (Å²) in [7, 11) is 3.45. The summed E-state index contributed by atoms with van der Waals surface area (Å²) in [6.07, 6.45) is 2.98.